The van der Waals surface area contributed by atoms with Crippen LogP contribution < -0.4 is 5.32 Å². The molecule has 0 saturated carbocycles. The van der Waals surface area contributed by atoms with Crippen molar-refractivity contribution in [2.75, 3.05) is 27.2 Å². The minimum Gasteiger partial charge on any atom is -0.314 e. The largest absolute Gasteiger partial charge is 0.314 e. The van der Waals surface area contributed by atoms with Gasteiger partial charge in [0.2, 0.25) is 0 Å². The van der Waals surface area contributed by atoms with Crippen molar-refractivity contribution in [1.82, 2.24) is 10.2 Å². The zero-order valence-corrected chi connectivity index (χ0v) is 12.1. The lowest BCUT2D eigenvalue weighted by Gasteiger charge is -2.20. The molecule has 0 saturated heterocycles. The van der Waals surface area contributed by atoms with E-state index in [4.69, 9.17) is 11.6 Å². The summed E-state index contributed by atoms with van der Waals surface area (Å²) >= 11 is 6.06. The molecule has 0 bridgehead atoms. The first-order valence-electron chi connectivity index (χ1n) is 6.35. The molecule has 2 nitrogen and oxygen atoms in total. The van der Waals surface area contributed by atoms with Gasteiger partial charge in [-0.3, -0.25) is 0 Å². The molecule has 1 aromatic rings. The molecule has 0 aliphatic rings. The van der Waals surface area contributed by atoms with Crippen molar-refractivity contribution in [2.24, 2.45) is 0 Å². The lowest BCUT2D eigenvalue weighted by molar-refractivity contribution is 0.358. The maximum absolute atomic E-state index is 13.0. The molecular weight excluding hydrogens is 251 g/mol. The van der Waals surface area contributed by atoms with Gasteiger partial charge in [-0.25, -0.2) is 4.39 Å². The molecular formula is C14H22ClFN2. The fourth-order valence-corrected chi connectivity index (χ4v) is 2.18. The van der Waals surface area contributed by atoms with Gasteiger partial charge < -0.3 is 10.2 Å². The van der Waals surface area contributed by atoms with Crippen LogP contribution in [0.3, 0.4) is 0 Å². The Labute approximate surface area is 114 Å². The third-order valence-electron chi connectivity index (χ3n) is 2.90. The Morgan fingerprint density at radius 3 is 2.67 bits per heavy atom. The highest BCUT2D eigenvalue weighted by Gasteiger charge is 2.11. The van der Waals surface area contributed by atoms with Crippen molar-refractivity contribution in [1.29, 1.82) is 0 Å². The van der Waals surface area contributed by atoms with Gasteiger partial charge in [0.05, 0.1) is 0 Å². The summed E-state index contributed by atoms with van der Waals surface area (Å²) in [7, 11) is 4.13. The Morgan fingerprint density at radius 2 is 2.11 bits per heavy atom. The maximum atomic E-state index is 13.0. The molecule has 102 valence electrons. The van der Waals surface area contributed by atoms with Crippen LogP contribution in [0.15, 0.2) is 18.2 Å². The molecule has 0 aliphatic heterocycles. The smallest absolute Gasteiger partial charge is 0.124 e. The Hall–Kier alpha value is -0.640. The molecule has 0 amide bonds. The molecule has 0 aromatic heterocycles. The first kappa shape index (κ1) is 15.4. The van der Waals surface area contributed by atoms with Gasteiger partial charge in [0, 0.05) is 11.1 Å². The standard InChI is InChI=1S/C14H22ClFN2/c1-4-17-13(7-8-18(2)3)9-11-5-6-12(16)10-14(11)15/h5-6,10,13,17H,4,7-9H2,1-3H3. The van der Waals surface area contributed by atoms with Crippen LogP contribution in [0.4, 0.5) is 4.39 Å². The Kier molecular flexibility index (Phi) is 6.61. The van der Waals surface area contributed by atoms with E-state index in [1.807, 2.05) is 0 Å². The summed E-state index contributed by atoms with van der Waals surface area (Å²) in [4.78, 5) is 2.16. The molecule has 4 heteroatoms. The topological polar surface area (TPSA) is 15.3 Å². The van der Waals surface area contributed by atoms with E-state index in [0.29, 0.717) is 11.1 Å². The van der Waals surface area contributed by atoms with Crippen LogP contribution in [-0.2, 0) is 6.42 Å². The van der Waals surface area contributed by atoms with E-state index in [1.165, 1.54) is 12.1 Å². The van der Waals surface area contributed by atoms with E-state index in [2.05, 4.69) is 31.2 Å². The molecule has 18 heavy (non-hydrogen) atoms. The molecule has 1 unspecified atom stereocenters. The summed E-state index contributed by atoms with van der Waals surface area (Å²) in [5, 5.41) is 3.97. The van der Waals surface area contributed by atoms with Gasteiger partial charge in [0.15, 0.2) is 0 Å². The predicted octanol–water partition coefficient (Wildman–Crippen LogP) is 2.95. The van der Waals surface area contributed by atoms with Crippen molar-refractivity contribution in [3.8, 4) is 0 Å². The van der Waals surface area contributed by atoms with Crippen LogP contribution in [0.25, 0.3) is 0 Å². The highest BCUT2D eigenvalue weighted by atomic mass is 35.5. The number of benzene rings is 1. The number of nitrogens with one attached hydrogen (secondary N) is 1. The minimum absolute atomic E-state index is 0.281. The highest BCUT2D eigenvalue weighted by Crippen LogP contribution is 2.19. The summed E-state index contributed by atoms with van der Waals surface area (Å²) in [6, 6.07) is 5.00. The van der Waals surface area contributed by atoms with E-state index >= 15 is 0 Å². The van der Waals surface area contributed by atoms with Crippen molar-refractivity contribution in [2.45, 2.75) is 25.8 Å². The van der Waals surface area contributed by atoms with Crippen LogP contribution in [0.1, 0.15) is 18.9 Å². The second-order valence-electron chi connectivity index (χ2n) is 4.79. The van der Waals surface area contributed by atoms with E-state index in [0.717, 1.165) is 31.5 Å². The normalized spacial score (nSPS) is 13.0. The van der Waals surface area contributed by atoms with Crippen LogP contribution in [0.2, 0.25) is 5.02 Å². The molecule has 1 atom stereocenters. The summed E-state index contributed by atoms with van der Waals surface area (Å²) in [5.74, 6) is -0.281. The third kappa shape index (κ3) is 5.34. The summed E-state index contributed by atoms with van der Waals surface area (Å²) in [6.45, 7) is 4.04. The molecule has 0 aliphatic carbocycles. The first-order chi connectivity index (χ1) is 8.52. The zero-order chi connectivity index (χ0) is 13.5. The number of hydrogen-bond acceptors (Lipinski definition) is 2. The van der Waals surface area contributed by atoms with Gasteiger partial charge >= 0.3 is 0 Å². The molecule has 0 fully saturated rings. The van der Waals surface area contributed by atoms with Gasteiger partial charge in [0.25, 0.3) is 0 Å². The Morgan fingerprint density at radius 1 is 1.39 bits per heavy atom. The number of rotatable bonds is 7. The van der Waals surface area contributed by atoms with Crippen molar-refractivity contribution in [3.63, 3.8) is 0 Å². The SMILES string of the molecule is CCNC(CCN(C)C)Cc1ccc(F)cc1Cl. The fraction of sp³-hybridized carbons (Fsp3) is 0.571. The van der Waals surface area contributed by atoms with Gasteiger partial charge in [0.1, 0.15) is 5.82 Å². The first-order valence-corrected chi connectivity index (χ1v) is 6.72. The number of likely N-dealkylation sites (N-methyl/N-ethyl adjacent to an activating group) is 1. The van der Waals surface area contributed by atoms with Crippen molar-refractivity contribution in [3.05, 3.63) is 34.6 Å². The average Bonchev–Trinajstić information content (AvgIpc) is 2.29. The van der Waals surface area contributed by atoms with E-state index in [1.54, 1.807) is 6.07 Å². The summed E-state index contributed by atoms with van der Waals surface area (Å²) in [5.41, 5.74) is 1.00. The van der Waals surface area contributed by atoms with Gasteiger partial charge in [-0.15, -0.1) is 0 Å². The molecule has 1 aromatic carbocycles. The molecule has 1 rings (SSSR count). The highest BCUT2D eigenvalue weighted by molar-refractivity contribution is 6.31. The maximum Gasteiger partial charge on any atom is 0.124 e. The summed E-state index contributed by atoms with van der Waals surface area (Å²) < 4.78 is 13.0. The van der Waals surface area contributed by atoms with Crippen molar-refractivity contribution >= 4 is 11.6 Å². The van der Waals surface area contributed by atoms with Crippen LogP contribution in [-0.4, -0.2) is 38.1 Å². The Balaban J connectivity index is 2.64. The van der Waals surface area contributed by atoms with Gasteiger partial charge in [-0.2, -0.15) is 0 Å². The van der Waals surface area contributed by atoms with Crippen LogP contribution >= 0.6 is 11.6 Å². The summed E-state index contributed by atoms with van der Waals surface area (Å²) in [6.07, 6.45) is 1.88. The molecule has 0 radical (unpaired) electrons. The zero-order valence-electron chi connectivity index (χ0n) is 11.3. The van der Waals surface area contributed by atoms with Crippen LogP contribution in [0.5, 0.6) is 0 Å². The molecule has 0 heterocycles. The number of hydrogen-bond donors (Lipinski definition) is 1. The average molecular weight is 273 g/mol. The van der Waals surface area contributed by atoms with Gasteiger partial charge in [-0.05, 0) is 57.7 Å². The van der Waals surface area contributed by atoms with E-state index in [-0.39, 0.29) is 5.82 Å². The molecule has 0 spiro atoms. The molecule has 1 N–H and O–H groups in total. The lowest BCUT2D eigenvalue weighted by atomic mass is 10.0. The minimum atomic E-state index is -0.281. The number of nitrogens with zero attached hydrogens (tertiary/aromatic N) is 1. The second kappa shape index (κ2) is 7.72. The number of halogens is 2. The third-order valence-corrected chi connectivity index (χ3v) is 3.25. The van der Waals surface area contributed by atoms with Crippen LogP contribution in [0, 0.1) is 5.82 Å². The Bertz CT molecular complexity index is 369. The van der Waals surface area contributed by atoms with Gasteiger partial charge in [-0.1, -0.05) is 24.6 Å². The fourth-order valence-electron chi connectivity index (χ4n) is 1.93. The van der Waals surface area contributed by atoms with E-state index < -0.39 is 0 Å². The van der Waals surface area contributed by atoms with Crippen molar-refractivity contribution < 1.29 is 4.39 Å². The second-order valence-corrected chi connectivity index (χ2v) is 5.19. The van der Waals surface area contributed by atoms with E-state index in [9.17, 15) is 4.39 Å². The quantitative estimate of drug-likeness (QED) is 0.821. The predicted molar refractivity (Wildman–Crippen MR) is 75.7 cm³/mol. The monoisotopic (exact) mass is 272 g/mol. The lowest BCUT2D eigenvalue weighted by Crippen LogP contribution is -2.34.